The second kappa shape index (κ2) is 6.92. The Bertz CT molecular complexity index is 1370. The summed E-state index contributed by atoms with van der Waals surface area (Å²) in [4.78, 5) is 8.97. The first-order valence-electron chi connectivity index (χ1n) is 8.56. The van der Waals surface area contributed by atoms with Gasteiger partial charge >= 0.3 is 0 Å². The molecule has 4 aromatic rings. The molecule has 0 unspecified atom stereocenters. The minimum absolute atomic E-state index is 0.0382. The Morgan fingerprint density at radius 1 is 1.17 bits per heavy atom. The van der Waals surface area contributed by atoms with Crippen LogP contribution in [0.1, 0.15) is 5.56 Å². The molecule has 2 aromatic heterocycles. The van der Waals surface area contributed by atoms with Crippen molar-refractivity contribution in [1.29, 1.82) is 5.26 Å². The monoisotopic (exact) mass is 404 g/mol. The van der Waals surface area contributed by atoms with Gasteiger partial charge in [-0.3, -0.25) is 0 Å². The molecule has 0 aliphatic carbocycles. The van der Waals surface area contributed by atoms with Crippen molar-refractivity contribution in [3.63, 3.8) is 0 Å². The maximum Gasteiger partial charge on any atom is 0.180 e. The summed E-state index contributed by atoms with van der Waals surface area (Å²) < 4.78 is 26.4. The number of aromatic nitrogens is 3. The minimum atomic E-state index is -3.57. The lowest BCUT2D eigenvalue weighted by Gasteiger charge is -2.13. The average Bonchev–Trinajstić information content (AvgIpc) is 3.16. The van der Waals surface area contributed by atoms with Crippen molar-refractivity contribution in [2.24, 2.45) is 0 Å². The Hall–Kier alpha value is -3.90. The van der Waals surface area contributed by atoms with Gasteiger partial charge in [0.05, 0.1) is 27.9 Å². The smallest absolute Gasteiger partial charge is 0.180 e. The number of hydrogen-bond donors (Lipinski definition) is 2. The predicted octanol–water partition coefficient (Wildman–Crippen LogP) is 3.00. The number of sulfone groups is 1. The van der Waals surface area contributed by atoms with Gasteiger partial charge in [0, 0.05) is 36.1 Å². The molecule has 9 heteroatoms. The molecule has 2 heterocycles. The van der Waals surface area contributed by atoms with E-state index < -0.39 is 9.84 Å². The molecule has 0 fully saturated rings. The molecule has 0 radical (unpaired) electrons. The first-order chi connectivity index (χ1) is 13.9. The molecular formula is C20H16N6O2S. The third-order valence-corrected chi connectivity index (χ3v) is 5.54. The van der Waals surface area contributed by atoms with Crippen LogP contribution in [-0.4, -0.2) is 29.0 Å². The number of hydrogen-bond acceptors (Lipinski definition) is 7. The third-order valence-electron chi connectivity index (χ3n) is 4.34. The van der Waals surface area contributed by atoms with Gasteiger partial charge < -0.3 is 15.5 Å². The van der Waals surface area contributed by atoms with Crippen LogP contribution in [0.15, 0.2) is 66.0 Å². The van der Waals surface area contributed by atoms with E-state index >= 15 is 0 Å². The van der Waals surface area contributed by atoms with Gasteiger partial charge in [0.15, 0.2) is 21.3 Å². The summed E-state index contributed by atoms with van der Waals surface area (Å²) in [6.07, 6.45) is 6.20. The zero-order valence-corrected chi connectivity index (χ0v) is 16.2. The van der Waals surface area contributed by atoms with E-state index in [9.17, 15) is 8.42 Å². The molecule has 0 aliphatic rings. The van der Waals surface area contributed by atoms with E-state index in [1.807, 2.05) is 0 Å². The summed E-state index contributed by atoms with van der Waals surface area (Å²) in [5.41, 5.74) is 8.79. The number of anilines is 3. The van der Waals surface area contributed by atoms with Crippen LogP contribution in [-0.2, 0) is 9.84 Å². The third kappa shape index (κ3) is 3.49. The molecule has 0 aliphatic heterocycles. The van der Waals surface area contributed by atoms with Crippen LogP contribution >= 0.6 is 0 Å². The Kier molecular flexibility index (Phi) is 4.41. The molecule has 0 spiro atoms. The lowest BCUT2D eigenvalue weighted by molar-refractivity contribution is 0.602. The van der Waals surface area contributed by atoms with Crippen LogP contribution in [0, 0.1) is 11.3 Å². The Morgan fingerprint density at radius 2 is 1.93 bits per heavy atom. The van der Waals surface area contributed by atoms with Crippen molar-refractivity contribution < 1.29 is 8.42 Å². The number of benzene rings is 2. The molecule has 0 saturated carbocycles. The number of nitrogens with two attached hydrogens (primary N) is 1. The summed E-state index contributed by atoms with van der Waals surface area (Å²) in [6.45, 7) is 0. The maximum absolute atomic E-state index is 12.3. The predicted molar refractivity (Wildman–Crippen MR) is 110 cm³/mol. The quantitative estimate of drug-likeness (QED) is 0.501. The zero-order chi connectivity index (χ0) is 20.6. The SMILES string of the molecule is CS(=O)(=O)c1c(N)cccc1-c1cn2ccnc2c(Nc2ccc(C#N)cc2)n1. The standard InChI is InChI=1S/C20H16N6O2S/c1-29(27,28)18-15(3-2-4-16(18)22)17-12-26-10-9-23-20(26)19(25-17)24-14-7-5-13(11-21)6-8-14/h2-10,12H,22H2,1H3,(H,24,25). The van der Waals surface area contributed by atoms with Gasteiger partial charge in [-0.15, -0.1) is 0 Å². The van der Waals surface area contributed by atoms with Gasteiger partial charge in [-0.1, -0.05) is 12.1 Å². The second-order valence-electron chi connectivity index (χ2n) is 6.44. The van der Waals surface area contributed by atoms with Crippen LogP contribution in [0.2, 0.25) is 0 Å². The zero-order valence-electron chi connectivity index (χ0n) is 15.4. The van der Waals surface area contributed by atoms with Crippen molar-refractivity contribution in [1.82, 2.24) is 14.4 Å². The van der Waals surface area contributed by atoms with E-state index in [1.165, 1.54) is 0 Å². The summed E-state index contributed by atoms with van der Waals surface area (Å²) in [7, 11) is -3.57. The number of imidazole rings is 1. The van der Waals surface area contributed by atoms with Crippen LogP contribution < -0.4 is 11.1 Å². The van der Waals surface area contributed by atoms with Gasteiger partial charge in [-0.25, -0.2) is 18.4 Å². The highest BCUT2D eigenvalue weighted by Gasteiger charge is 2.20. The highest BCUT2D eigenvalue weighted by molar-refractivity contribution is 7.91. The number of nitrogens with one attached hydrogen (secondary N) is 1. The van der Waals surface area contributed by atoms with E-state index in [-0.39, 0.29) is 10.6 Å². The van der Waals surface area contributed by atoms with Crippen molar-refractivity contribution in [3.05, 3.63) is 66.6 Å². The molecular weight excluding hydrogens is 388 g/mol. The van der Waals surface area contributed by atoms with Gasteiger partial charge in [-0.05, 0) is 30.3 Å². The molecule has 29 heavy (non-hydrogen) atoms. The van der Waals surface area contributed by atoms with Crippen molar-refractivity contribution in [2.75, 3.05) is 17.3 Å². The largest absolute Gasteiger partial charge is 0.398 e. The first-order valence-corrected chi connectivity index (χ1v) is 10.5. The van der Waals surface area contributed by atoms with E-state index in [0.29, 0.717) is 28.3 Å². The van der Waals surface area contributed by atoms with Gasteiger partial charge in [0.2, 0.25) is 0 Å². The summed E-state index contributed by atoms with van der Waals surface area (Å²) in [6, 6.07) is 13.9. The molecule has 0 amide bonds. The highest BCUT2D eigenvalue weighted by Crippen LogP contribution is 2.32. The molecule has 0 saturated heterocycles. The van der Waals surface area contributed by atoms with Crippen molar-refractivity contribution in [2.45, 2.75) is 4.90 Å². The Balaban J connectivity index is 1.88. The normalized spacial score (nSPS) is 11.3. The number of rotatable bonds is 4. The van der Waals surface area contributed by atoms with E-state index in [4.69, 9.17) is 11.0 Å². The van der Waals surface area contributed by atoms with Crippen LogP contribution in [0.5, 0.6) is 0 Å². The summed E-state index contributed by atoms with van der Waals surface area (Å²) in [5, 5.41) is 12.1. The van der Waals surface area contributed by atoms with Crippen LogP contribution in [0.25, 0.3) is 16.9 Å². The first kappa shape index (κ1) is 18.5. The summed E-state index contributed by atoms with van der Waals surface area (Å²) in [5.74, 6) is 0.444. The van der Waals surface area contributed by atoms with Gasteiger partial charge in [-0.2, -0.15) is 5.26 Å². The Labute approximate surface area is 167 Å². The molecule has 4 rings (SSSR count). The minimum Gasteiger partial charge on any atom is -0.398 e. The highest BCUT2D eigenvalue weighted by atomic mass is 32.2. The fourth-order valence-electron chi connectivity index (χ4n) is 3.08. The number of fused-ring (bicyclic) bond motifs is 1. The van der Waals surface area contributed by atoms with Gasteiger partial charge in [0.25, 0.3) is 0 Å². The maximum atomic E-state index is 12.3. The van der Waals surface area contributed by atoms with Crippen LogP contribution in [0.3, 0.4) is 0 Å². The molecule has 0 bridgehead atoms. The topological polar surface area (TPSA) is 126 Å². The van der Waals surface area contributed by atoms with Crippen molar-refractivity contribution >= 4 is 32.7 Å². The summed E-state index contributed by atoms with van der Waals surface area (Å²) >= 11 is 0. The fourth-order valence-corrected chi connectivity index (χ4v) is 4.15. The number of nitrogens with zero attached hydrogens (tertiary/aromatic N) is 4. The number of nitrogen functional groups attached to an aromatic ring is 1. The van der Waals surface area contributed by atoms with E-state index in [1.54, 1.807) is 65.5 Å². The van der Waals surface area contributed by atoms with Gasteiger partial charge in [0.1, 0.15) is 0 Å². The van der Waals surface area contributed by atoms with E-state index in [0.717, 1.165) is 11.9 Å². The molecule has 2 aromatic carbocycles. The fraction of sp³-hybridized carbons (Fsp3) is 0.0500. The second-order valence-corrected chi connectivity index (χ2v) is 8.40. The van der Waals surface area contributed by atoms with E-state index in [2.05, 4.69) is 21.4 Å². The Morgan fingerprint density at radius 3 is 2.62 bits per heavy atom. The molecule has 0 atom stereocenters. The molecule has 3 N–H and O–H groups in total. The molecule has 8 nitrogen and oxygen atoms in total. The average molecular weight is 404 g/mol. The lowest BCUT2D eigenvalue weighted by Crippen LogP contribution is -2.07. The molecule has 144 valence electrons. The van der Waals surface area contributed by atoms with Crippen LogP contribution in [0.4, 0.5) is 17.2 Å². The number of nitriles is 1. The van der Waals surface area contributed by atoms with Crippen molar-refractivity contribution in [3.8, 4) is 17.3 Å². The lowest BCUT2D eigenvalue weighted by atomic mass is 10.1.